The fourth-order valence-corrected chi connectivity index (χ4v) is 1.54. The third kappa shape index (κ3) is 1.85. The van der Waals surface area contributed by atoms with Crippen LogP contribution in [0.5, 0.6) is 0 Å². The maximum absolute atomic E-state index is 12.6. The lowest BCUT2D eigenvalue weighted by Gasteiger charge is -2.08. The van der Waals surface area contributed by atoms with Crippen LogP contribution in [-0.2, 0) is 6.18 Å². The summed E-state index contributed by atoms with van der Waals surface area (Å²) in [5.41, 5.74) is 0.327. The fourth-order valence-electron chi connectivity index (χ4n) is 1.30. The molecule has 0 amide bonds. The molecule has 7 heteroatoms. The van der Waals surface area contributed by atoms with E-state index in [1.807, 2.05) is 0 Å². The van der Waals surface area contributed by atoms with Gasteiger partial charge in [0.1, 0.15) is 0 Å². The molecular formula is C9H6F3N3S. The molecule has 0 saturated carbocycles. The summed E-state index contributed by atoms with van der Waals surface area (Å²) in [5.74, 6) is -1.05. The minimum Gasteiger partial charge on any atom is -0.264 e. The van der Waals surface area contributed by atoms with Gasteiger partial charge in [-0.3, -0.25) is 9.67 Å². The molecule has 3 nitrogen and oxygen atoms in total. The first kappa shape index (κ1) is 10.9. The molecule has 0 aliphatic heterocycles. The Morgan fingerprint density at radius 3 is 2.38 bits per heavy atom. The van der Waals surface area contributed by atoms with E-state index in [1.54, 1.807) is 18.2 Å². The molecule has 0 aliphatic rings. The second-order valence-corrected chi connectivity index (χ2v) is 3.41. The highest BCUT2D eigenvalue weighted by Gasteiger charge is 2.37. The lowest BCUT2D eigenvalue weighted by atomic mass is 10.3. The van der Waals surface area contributed by atoms with Gasteiger partial charge in [-0.25, -0.2) is 0 Å². The first-order valence-corrected chi connectivity index (χ1v) is 4.71. The minimum absolute atomic E-state index is 0.0847. The largest absolute Gasteiger partial charge is 0.452 e. The highest BCUT2D eigenvalue weighted by atomic mass is 32.1. The number of rotatable bonds is 1. The number of nitrogens with zero attached hydrogens (tertiary/aromatic N) is 2. The molecule has 84 valence electrons. The van der Waals surface area contributed by atoms with Gasteiger partial charge in [0.15, 0.2) is 4.77 Å². The highest BCUT2D eigenvalue weighted by Crippen LogP contribution is 2.29. The molecule has 1 N–H and O–H groups in total. The Balaban J connectivity index is 2.66. The van der Waals surface area contributed by atoms with Crippen molar-refractivity contribution < 1.29 is 13.2 Å². The number of H-pyrrole nitrogens is 1. The van der Waals surface area contributed by atoms with Crippen LogP contribution in [0.15, 0.2) is 30.3 Å². The van der Waals surface area contributed by atoms with Crippen LogP contribution in [0, 0.1) is 4.77 Å². The fraction of sp³-hybridized carbons (Fsp3) is 0.111. The molecule has 1 heterocycles. The molecule has 0 atom stereocenters. The Labute approximate surface area is 93.5 Å². The zero-order valence-corrected chi connectivity index (χ0v) is 8.64. The maximum Gasteiger partial charge on any atom is 0.452 e. The van der Waals surface area contributed by atoms with E-state index in [2.05, 4.69) is 10.2 Å². The molecular weight excluding hydrogens is 239 g/mol. The summed E-state index contributed by atoms with van der Waals surface area (Å²) < 4.78 is 38.6. The third-order valence-electron chi connectivity index (χ3n) is 1.94. The van der Waals surface area contributed by atoms with Crippen molar-refractivity contribution in [3.05, 3.63) is 40.9 Å². The lowest BCUT2D eigenvalue weighted by molar-refractivity contribution is -0.146. The van der Waals surface area contributed by atoms with Gasteiger partial charge in [0, 0.05) is 5.69 Å². The van der Waals surface area contributed by atoms with E-state index in [4.69, 9.17) is 12.2 Å². The van der Waals surface area contributed by atoms with Crippen molar-refractivity contribution >= 4 is 12.2 Å². The topological polar surface area (TPSA) is 33.6 Å². The van der Waals surface area contributed by atoms with Crippen molar-refractivity contribution in [2.75, 3.05) is 0 Å². The van der Waals surface area contributed by atoms with Crippen LogP contribution in [-0.4, -0.2) is 14.8 Å². The third-order valence-corrected chi connectivity index (χ3v) is 2.21. The van der Waals surface area contributed by atoms with Crippen molar-refractivity contribution in [1.82, 2.24) is 14.8 Å². The van der Waals surface area contributed by atoms with Gasteiger partial charge in [-0.15, -0.1) is 5.10 Å². The van der Waals surface area contributed by atoms with Gasteiger partial charge >= 0.3 is 6.18 Å². The molecule has 1 aromatic heterocycles. The molecule has 0 saturated heterocycles. The Morgan fingerprint density at radius 2 is 1.81 bits per heavy atom. The van der Waals surface area contributed by atoms with Gasteiger partial charge in [0.25, 0.3) is 0 Å². The van der Waals surface area contributed by atoms with E-state index in [9.17, 15) is 13.2 Å². The van der Waals surface area contributed by atoms with E-state index < -0.39 is 12.0 Å². The zero-order chi connectivity index (χ0) is 11.8. The monoisotopic (exact) mass is 245 g/mol. The summed E-state index contributed by atoms with van der Waals surface area (Å²) in [4.78, 5) is 0. The molecule has 0 aliphatic carbocycles. The van der Waals surface area contributed by atoms with Crippen LogP contribution in [0.4, 0.5) is 13.2 Å². The molecule has 16 heavy (non-hydrogen) atoms. The van der Waals surface area contributed by atoms with Crippen LogP contribution in [0.1, 0.15) is 5.82 Å². The quantitative estimate of drug-likeness (QED) is 0.784. The van der Waals surface area contributed by atoms with Crippen LogP contribution in [0.25, 0.3) is 5.69 Å². The van der Waals surface area contributed by atoms with Crippen LogP contribution < -0.4 is 0 Å². The molecule has 2 rings (SSSR count). The predicted molar refractivity (Wildman–Crippen MR) is 53.8 cm³/mol. The SMILES string of the molecule is FC(F)(F)c1n[nH]c(=S)n1-c1ccccc1. The van der Waals surface area contributed by atoms with Crippen LogP contribution in [0.3, 0.4) is 0 Å². The van der Waals surface area contributed by atoms with Gasteiger partial charge in [0.2, 0.25) is 5.82 Å². The molecule has 0 bridgehead atoms. The summed E-state index contributed by atoms with van der Waals surface area (Å²) in [7, 11) is 0. The number of hydrogen-bond donors (Lipinski definition) is 1. The van der Waals surface area contributed by atoms with E-state index in [0.29, 0.717) is 5.69 Å². The summed E-state index contributed by atoms with van der Waals surface area (Å²) in [5, 5.41) is 5.32. The molecule has 0 fully saturated rings. The highest BCUT2D eigenvalue weighted by molar-refractivity contribution is 7.71. The van der Waals surface area contributed by atoms with E-state index in [1.165, 1.54) is 12.1 Å². The van der Waals surface area contributed by atoms with E-state index >= 15 is 0 Å². The van der Waals surface area contributed by atoms with Crippen molar-refractivity contribution in [2.24, 2.45) is 0 Å². The first-order valence-electron chi connectivity index (χ1n) is 4.30. The molecule has 1 aromatic carbocycles. The van der Waals surface area contributed by atoms with E-state index in [0.717, 1.165) is 4.57 Å². The number of aromatic nitrogens is 3. The Morgan fingerprint density at radius 1 is 1.19 bits per heavy atom. The van der Waals surface area contributed by atoms with Crippen molar-refractivity contribution in [3.8, 4) is 5.69 Å². The summed E-state index contributed by atoms with van der Waals surface area (Å²) in [6.45, 7) is 0. The molecule has 0 unspecified atom stereocenters. The van der Waals surface area contributed by atoms with Crippen molar-refractivity contribution in [2.45, 2.75) is 6.18 Å². The van der Waals surface area contributed by atoms with Crippen molar-refractivity contribution in [3.63, 3.8) is 0 Å². The number of benzene rings is 1. The van der Waals surface area contributed by atoms with Gasteiger partial charge in [-0.2, -0.15) is 13.2 Å². The number of para-hydroxylation sites is 1. The Hall–Kier alpha value is -1.63. The van der Waals surface area contributed by atoms with Gasteiger partial charge in [-0.1, -0.05) is 18.2 Å². The second-order valence-electron chi connectivity index (χ2n) is 3.02. The number of alkyl halides is 3. The van der Waals surface area contributed by atoms with Crippen LogP contribution in [0.2, 0.25) is 0 Å². The predicted octanol–water partition coefficient (Wildman–Crippen LogP) is 2.95. The first-order chi connectivity index (χ1) is 7.50. The number of halogens is 3. The van der Waals surface area contributed by atoms with E-state index in [-0.39, 0.29) is 4.77 Å². The Kier molecular flexibility index (Phi) is 2.55. The minimum atomic E-state index is -4.54. The molecule has 2 aromatic rings. The lowest BCUT2D eigenvalue weighted by Crippen LogP contribution is -2.13. The number of nitrogens with one attached hydrogen (secondary N) is 1. The smallest absolute Gasteiger partial charge is 0.264 e. The average Bonchev–Trinajstić information content (AvgIpc) is 2.61. The standard InChI is InChI=1S/C9H6F3N3S/c10-9(11,12)7-13-14-8(16)15(7)6-4-2-1-3-5-6/h1-5H,(H,14,16). The second kappa shape index (κ2) is 3.75. The van der Waals surface area contributed by atoms with Gasteiger partial charge in [-0.05, 0) is 24.4 Å². The van der Waals surface area contributed by atoms with Gasteiger partial charge < -0.3 is 0 Å². The van der Waals surface area contributed by atoms with Crippen molar-refractivity contribution in [1.29, 1.82) is 0 Å². The normalized spacial score (nSPS) is 11.7. The summed E-state index contributed by atoms with van der Waals surface area (Å²) in [6.07, 6.45) is -4.54. The zero-order valence-electron chi connectivity index (χ0n) is 7.82. The number of aromatic amines is 1. The average molecular weight is 245 g/mol. The van der Waals surface area contributed by atoms with Crippen LogP contribution >= 0.6 is 12.2 Å². The number of hydrogen-bond acceptors (Lipinski definition) is 2. The van der Waals surface area contributed by atoms with Gasteiger partial charge in [0.05, 0.1) is 0 Å². The summed E-state index contributed by atoms with van der Waals surface area (Å²) >= 11 is 4.77. The summed E-state index contributed by atoms with van der Waals surface area (Å²) in [6, 6.07) is 8.02. The molecule has 0 spiro atoms. The molecule has 0 radical (unpaired) electrons. The Bertz CT molecular complexity index is 541. The maximum atomic E-state index is 12.6.